The van der Waals surface area contributed by atoms with Crippen LogP contribution in [0.5, 0.6) is 11.5 Å². The number of carboxylic acids is 1. The molecule has 0 spiro atoms. The van der Waals surface area contributed by atoms with E-state index in [1.54, 1.807) is 6.08 Å². The number of carbonyl (C=O) groups is 1. The van der Waals surface area contributed by atoms with E-state index in [1.165, 1.54) is 57.8 Å². The number of benzene rings is 1. The first-order valence-corrected chi connectivity index (χ1v) is 12.3. The van der Waals surface area contributed by atoms with E-state index in [9.17, 15) is 4.79 Å². The maximum absolute atomic E-state index is 10.9. The lowest BCUT2D eigenvalue weighted by atomic mass is 10.1. The Morgan fingerprint density at radius 1 is 0.839 bits per heavy atom. The molecule has 1 aromatic carbocycles. The summed E-state index contributed by atoms with van der Waals surface area (Å²) in [6, 6.07) is 5.67. The monoisotopic (exact) mass is 432 g/mol. The van der Waals surface area contributed by atoms with Crippen molar-refractivity contribution in [3.8, 4) is 11.5 Å². The highest BCUT2D eigenvalue weighted by molar-refractivity contribution is 5.85. The molecule has 1 rings (SSSR count). The third-order valence-electron chi connectivity index (χ3n) is 5.47. The second-order valence-corrected chi connectivity index (χ2v) is 8.64. The van der Waals surface area contributed by atoms with Gasteiger partial charge >= 0.3 is 5.97 Å². The van der Waals surface area contributed by atoms with Gasteiger partial charge in [0.15, 0.2) is 11.5 Å². The van der Waals surface area contributed by atoms with Gasteiger partial charge in [0.2, 0.25) is 0 Å². The van der Waals surface area contributed by atoms with Crippen molar-refractivity contribution < 1.29 is 19.4 Å². The van der Waals surface area contributed by atoms with Gasteiger partial charge in [-0.2, -0.15) is 0 Å². The van der Waals surface area contributed by atoms with E-state index < -0.39 is 5.97 Å². The molecule has 0 aliphatic rings. The summed E-state index contributed by atoms with van der Waals surface area (Å²) in [4.78, 5) is 10.9. The molecule has 1 aromatic rings. The van der Waals surface area contributed by atoms with E-state index in [2.05, 4.69) is 27.7 Å². The average molecular weight is 433 g/mol. The van der Waals surface area contributed by atoms with Gasteiger partial charge in [0, 0.05) is 6.08 Å². The first-order valence-electron chi connectivity index (χ1n) is 12.3. The molecule has 0 aliphatic heterocycles. The van der Waals surface area contributed by atoms with Crippen LogP contribution in [0.15, 0.2) is 24.3 Å². The number of ether oxygens (including phenoxy) is 2. The fourth-order valence-corrected chi connectivity index (χ4v) is 3.61. The third kappa shape index (κ3) is 13.1. The molecule has 4 nitrogen and oxygen atoms in total. The Kier molecular flexibility index (Phi) is 14.6. The van der Waals surface area contributed by atoms with Gasteiger partial charge in [-0.15, -0.1) is 0 Å². The van der Waals surface area contributed by atoms with Crippen molar-refractivity contribution in [3.05, 3.63) is 29.8 Å². The van der Waals surface area contributed by atoms with Crippen LogP contribution >= 0.6 is 0 Å². The molecule has 0 fully saturated rings. The summed E-state index contributed by atoms with van der Waals surface area (Å²) in [6.07, 6.45) is 17.5. The Labute approximate surface area is 190 Å². The quantitative estimate of drug-likeness (QED) is 0.188. The zero-order chi connectivity index (χ0) is 22.9. The van der Waals surface area contributed by atoms with Crippen molar-refractivity contribution in [3.63, 3.8) is 0 Å². The zero-order valence-electron chi connectivity index (χ0n) is 20.2. The minimum absolute atomic E-state index is 0.0898. The van der Waals surface area contributed by atoms with Crippen LogP contribution in [0.25, 0.3) is 6.08 Å². The van der Waals surface area contributed by atoms with Crippen LogP contribution in [0.1, 0.15) is 110 Å². The van der Waals surface area contributed by atoms with Crippen LogP contribution in [0, 0.1) is 0 Å². The highest BCUT2D eigenvalue weighted by atomic mass is 16.5. The molecule has 0 aliphatic carbocycles. The Balaban J connectivity index is 2.73. The SMILES string of the molecule is CCCCCCCC(C)Oc1ccc(C=CC(=O)O)cc1OC(C)CCCCCCC. The lowest BCUT2D eigenvalue weighted by Gasteiger charge is -2.21. The maximum Gasteiger partial charge on any atom is 0.328 e. The lowest BCUT2D eigenvalue weighted by Crippen LogP contribution is -2.15. The zero-order valence-corrected chi connectivity index (χ0v) is 20.2. The van der Waals surface area contributed by atoms with Gasteiger partial charge in [0.05, 0.1) is 12.2 Å². The molecule has 0 saturated heterocycles. The number of carboxylic acid groups (broad SMARTS) is 1. The van der Waals surface area contributed by atoms with Crippen LogP contribution in [0.2, 0.25) is 0 Å². The molecule has 2 unspecified atom stereocenters. The van der Waals surface area contributed by atoms with Crippen molar-refractivity contribution in [2.75, 3.05) is 0 Å². The molecule has 2 atom stereocenters. The Morgan fingerprint density at radius 2 is 1.35 bits per heavy atom. The largest absolute Gasteiger partial charge is 0.487 e. The average Bonchev–Trinajstić information content (AvgIpc) is 2.73. The molecule has 31 heavy (non-hydrogen) atoms. The predicted molar refractivity (Wildman–Crippen MR) is 130 cm³/mol. The lowest BCUT2D eigenvalue weighted by molar-refractivity contribution is -0.131. The molecule has 4 heteroatoms. The fraction of sp³-hybridized carbons (Fsp3) is 0.667. The van der Waals surface area contributed by atoms with Crippen molar-refractivity contribution in [1.29, 1.82) is 0 Å². The molecule has 0 aromatic heterocycles. The number of aliphatic carboxylic acids is 1. The van der Waals surface area contributed by atoms with E-state index >= 15 is 0 Å². The predicted octanol–water partition coefficient (Wildman–Crippen LogP) is 8.04. The summed E-state index contributed by atoms with van der Waals surface area (Å²) in [5.41, 5.74) is 0.798. The molecule has 0 saturated carbocycles. The van der Waals surface area contributed by atoms with Gasteiger partial charge in [-0.25, -0.2) is 4.79 Å². The van der Waals surface area contributed by atoms with Gasteiger partial charge in [0.25, 0.3) is 0 Å². The molecular formula is C27H44O4. The van der Waals surface area contributed by atoms with Crippen LogP contribution < -0.4 is 9.47 Å². The minimum Gasteiger partial charge on any atom is -0.487 e. The molecular weight excluding hydrogens is 388 g/mol. The van der Waals surface area contributed by atoms with Crippen LogP contribution in [0.3, 0.4) is 0 Å². The normalized spacial score (nSPS) is 13.3. The summed E-state index contributed by atoms with van der Waals surface area (Å²) >= 11 is 0. The highest BCUT2D eigenvalue weighted by Crippen LogP contribution is 2.32. The molecule has 176 valence electrons. The minimum atomic E-state index is -0.958. The first-order chi connectivity index (χ1) is 15.0. The number of hydrogen-bond acceptors (Lipinski definition) is 3. The van der Waals surface area contributed by atoms with E-state index in [0.717, 1.165) is 36.7 Å². The Hall–Kier alpha value is -1.97. The Morgan fingerprint density at radius 3 is 1.87 bits per heavy atom. The van der Waals surface area contributed by atoms with E-state index in [0.29, 0.717) is 5.75 Å². The van der Waals surface area contributed by atoms with Gasteiger partial charge in [-0.1, -0.05) is 71.3 Å². The highest BCUT2D eigenvalue weighted by Gasteiger charge is 2.13. The summed E-state index contributed by atoms with van der Waals surface area (Å²) in [5, 5.41) is 8.92. The van der Waals surface area contributed by atoms with Crippen LogP contribution in [-0.4, -0.2) is 23.3 Å². The fourth-order valence-electron chi connectivity index (χ4n) is 3.61. The maximum atomic E-state index is 10.9. The van der Waals surface area contributed by atoms with Gasteiger partial charge in [0.1, 0.15) is 0 Å². The third-order valence-corrected chi connectivity index (χ3v) is 5.47. The van der Waals surface area contributed by atoms with E-state index in [-0.39, 0.29) is 12.2 Å². The van der Waals surface area contributed by atoms with Gasteiger partial charge in [-0.05, 0) is 63.3 Å². The topological polar surface area (TPSA) is 55.8 Å². The van der Waals surface area contributed by atoms with E-state index in [4.69, 9.17) is 14.6 Å². The molecule has 0 bridgehead atoms. The van der Waals surface area contributed by atoms with Crippen molar-refractivity contribution >= 4 is 12.0 Å². The molecule has 0 amide bonds. The number of unbranched alkanes of at least 4 members (excludes halogenated alkanes) is 8. The molecule has 1 N–H and O–H groups in total. The standard InChI is InChI=1S/C27H44O4/c1-5-7-9-11-13-15-22(3)30-25-19-17-24(18-20-27(28)29)21-26(25)31-23(4)16-14-12-10-8-6-2/h17-23H,5-16H2,1-4H3,(H,28,29). The second-order valence-electron chi connectivity index (χ2n) is 8.64. The first kappa shape index (κ1) is 27.1. The smallest absolute Gasteiger partial charge is 0.328 e. The summed E-state index contributed by atoms with van der Waals surface area (Å²) < 4.78 is 12.5. The summed E-state index contributed by atoms with van der Waals surface area (Å²) in [6.45, 7) is 8.67. The second kappa shape index (κ2) is 16.7. The number of rotatable bonds is 18. The van der Waals surface area contributed by atoms with Crippen molar-refractivity contribution in [1.82, 2.24) is 0 Å². The Bertz CT molecular complexity index is 638. The van der Waals surface area contributed by atoms with Crippen LogP contribution in [0.4, 0.5) is 0 Å². The van der Waals surface area contributed by atoms with Gasteiger partial charge < -0.3 is 14.6 Å². The summed E-state index contributed by atoms with van der Waals surface area (Å²) in [5.74, 6) is 0.484. The number of hydrogen-bond donors (Lipinski definition) is 1. The van der Waals surface area contributed by atoms with E-state index in [1.807, 2.05) is 18.2 Å². The molecule has 0 heterocycles. The molecule has 0 radical (unpaired) electrons. The van der Waals surface area contributed by atoms with Crippen molar-refractivity contribution in [2.24, 2.45) is 0 Å². The summed E-state index contributed by atoms with van der Waals surface area (Å²) in [7, 11) is 0. The van der Waals surface area contributed by atoms with Crippen LogP contribution in [-0.2, 0) is 4.79 Å². The van der Waals surface area contributed by atoms with Gasteiger partial charge in [-0.3, -0.25) is 0 Å². The van der Waals surface area contributed by atoms with Crippen molar-refractivity contribution in [2.45, 2.75) is 117 Å².